The average molecular weight is 282 g/mol. The molecular formula is C13H18N2O3S. The highest BCUT2D eigenvalue weighted by Crippen LogP contribution is 2.18. The summed E-state index contributed by atoms with van der Waals surface area (Å²) in [7, 11) is 0. The van der Waals surface area contributed by atoms with E-state index in [1.54, 1.807) is 26.2 Å². The highest BCUT2D eigenvalue weighted by atomic mass is 32.2. The highest BCUT2D eigenvalue weighted by molar-refractivity contribution is 8.00. The molecule has 0 unspecified atom stereocenters. The summed E-state index contributed by atoms with van der Waals surface area (Å²) >= 11 is 1.36. The molecule has 0 saturated carbocycles. The number of thioether (sulfide) groups is 1. The monoisotopic (exact) mass is 282 g/mol. The zero-order valence-corrected chi connectivity index (χ0v) is 11.9. The molecule has 1 rings (SSSR count). The zero-order valence-electron chi connectivity index (χ0n) is 11.0. The van der Waals surface area contributed by atoms with E-state index in [1.807, 2.05) is 12.1 Å². The first-order chi connectivity index (χ1) is 9.04. The lowest BCUT2D eigenvalue weighted by Crippen LogP contribution is -2.54. The van der Waals surface area contributed by atoms with Gasteiger partial charge in [-0.05, 0) is 25.0 Å². The third-order valence-corrected chi connectivity index (χ3v) is 4.03. The number of hydrogen-bond acceptors (Lipinski definition) is 4. The highest BCUT2D eigenvalue weighted by Gasteiger charge is 2.36. The molecule has 2 N–H and O–H groups in total. The number of nitrogens with zero attached hydrogens (tertiary/aromatic N) is 1. The summed E-state index contributed by atoms with van der Waals surface area (Å²) in [5.41, 5.74) is -1.16. The van der Waals surface area contributed by atoms with Gasteiger partial charge in [-0.2, -0.15) is 0 Å². The molecule has 0 atom stereocenters. The lowest BCUT2D eigenvalue weighted by molar-refractivity contribution is -0.147. The van der Waals surface area contributed by atoms with Gasteiger partial charge in [0.15, 0.2) is 0 Å². The number of carbonyl (C=O) groups is 2. The number of rotatable bonds is 7. The SMILES string of the molecule is CCC(CC)(NC(=O)CSc1ccncc1)C(=O)O. The van der Waals surface area contributed by atoms with Crippen LogP contribution in [0.25, 0.3) is 0 Å². The molecule has 5 nitrogen and oxygen atoms in total. The van der Waals surface area contributed by atoms with E-state index in [0.29, 0.717) is 12.8 Å². The summed E-state index contributed by atoms with van der Waals surface area (Å²) in [5.74, 6) is -1.06. The van der Waals surface area contributed by atoms with Gasteiger partial charge in [0.2, 0.25) is 5.91 Å². The minimum atomic E-state index is -1.16. The summed E-state index contributed by atoms with van der Waals surface area (Å²) in [6, 6.07) is 3.62. The summed E-state index contributed by atoms with van der Waals surface area (Å²) in [6.45, 7) is 3.52. The van der Waals surface area contributed by atoms with Gasteiger partial charge < -0.3 is 10.4 Å². The van der Waals surface area contributed by atoms with E-state index in [2.05, 4.69) is 10.3 Å². The first-order valence-electron chi connectivity index (χ1n) is 6.11. The number of carbonyl (C=O) groups excluding carboxylic acids is 1. The lowest BCUT2D eigenvalue weighted by atomic mass is 9.93. The van der Waals surface area contributed by atoms with E-state index < -0.39 is 11.5 Å². The van der Waals surface area contributed by atoms with Crippen LogP contribution >= 0.6 is 11.8 Å². The second-order valence-electron chi connectivity index (χ2n) is 4.11. The molecule has 19 heavy (non-hydrogen) atoms. The number of carboxylic acids is 1. The van der Waals surface area contributed by atoms with Gasteiger partial charge in [0, 0.05) is 17.3 Å². The first-order valence-corrected chi connectivity index (χ1v) is 7.10. The fourth-order valence-corrected chi connectivity index (χ4v) is 2.35. The molecular weight excluding hydrogens is 264 g/mol. The number of aliphatic carboxylic acids is 1. The normalized spacial score (nSPS) is 11.1. The second-order valence-corrected chi connectivity index (χ2v) is 5.16. The molecule has 0 bridgehead atoms. The van der Waals surface area contributed by atoms with Crippen LogP contribution in [0.3, 0.4) is 0 Å². The number of amides is 1. The van der Waals surface area contributed by atoms with E-state index in [9.17, 15) is 14.7 Å². The largest absolute Gasteiger partial charge is 0.480 e. The van der Waals surface area contributed by atoms with Gasteiger partial charge in [0.05, 0.1) is 5.75 Å². The van der Waals surface area contributed by atoms with E-state index in [4.69, 9.17) is 0 Å². The van der Waals surface area contributed by atoms with Crippen molar-refractivity contribution in [3.8, 4) is 0 Å². The minimum absolute atomic E-state index is 0.193. The van der Waals surface area contributed by atoms with Crippen LogP contribution in [0.4, 0.5) is 0 Å². The van der Waals surface area contributed by atoms with E-state index in [0.717, 1.165) is 4.90 Å². The molecule has 1 aromatic rings. The van der Waals surface area contributed by atoms with Gasteiger partial charge in [-0.15, -0.1) is 11.8 Å². The fourth-order valence-electron chi connectivity index (χ4n) is 1.67. The third kappa shape index (κ3) is 4.24. The van der Waals surface area contributed by atoms with Gasteiger partial charge >= 0.3 is 5.97 Å². The number of nitrogens with one attached hydrogen (secondary N) is 1. The molecule has 0 aliphatic carbocycles. The molecule has 0 aliphatic rings. The Labute approximate surface area is 116 Å². The smallest absolute Gasteiger partial charge is 0.329 e. The molecule has 0 aliphatic heterocycles. The maximum absolute atomic E-state index is 11.8. The Morgan fingerprint density at radius 3 is 2.37 bits per heavy atom. The third-order valence-electron chi connectivity index (χ3n) is 3.01. The molecule has 0 fully saturated rings. The van der Waals surface area contributed by atoms with Crippen molar-refractivity contribution < 1.29 is 14.7 Å². The molecule has 1 heterocycles. The van der Waals surface area contributed by atoms with Crippen molar-refractivity contribution in [2.24, 2.45) is 0 Å². The van der Waals surface area contributed by atoms with E-state index in [-0.39, 0.29) is 11.7 Å². The number of aromatic nitrogens is 1. The Hall–Kier alpha value is -1.56. The fraction of sp³-hybridized carbons (Fsp3) is 0.462. The standard InChI is InChI=1S/C13H18N2O3S/c1-3-13(4-2,12(17)18)15-11(16)9-19-10-5-7-14-8-6-10/h5-8H,3-4,9H2,1-2H3,(H,15,16)(H,17,18). The summed E-state index contributed by atoms with van der Waals surface area (Å²) in [6.07, 6.45) is 4.04. The van der Waals surface area contributed by atoms with E-state index >= 15 is 0 Å². The van der Waals surface area contributed by atoms with Crippen LogP contribution in [0.5, 0.6) is 0 Å². The predicted octanol–water partition coefficient (Wildman–Crippen LogP) is 1.93. The van der Waals surface area contributed by atoms with Crippen molar-refractivity contribution in [1.82, 2.24) is 10.3 Å². The van der Waals surface area contributed by atoms with Crippen molar-refractivity contribution in [1.29, 1.82) is 0 Å². The molecule has 0 aromatic carbocycles. The molecule has 6 heteroatoms. The second kappa shape index (κ2) is 7.13. The maximum Gasteiger partial charge on any atom is 0.329 e. The quantitative estimate of drug-likeness (QED) is 0.747. The summed E-state index contributed by atoms with van der Waals surface area (Å²) < 4.78 is 0. The average Bonchev–Trinajstić information content (AvgIpc) is 2.43. The number of carboxylic acid groups (broad SMARTS) is 1. The topological polar surface area (TPSA) is 79.3 Å². The minimum Gasteiger partial charge on any atom is -0.480 e. The molecule has 104 valence electrons. The van der Waals surface area contributed by atoms with Gasteiger partial charge in [0.1, 0.15) is 5.54 Å². The van der Waals surface area contributed by atoms with Gasteiger partial charge in [-0.3, -0.25) is 9.78 Å². The Bertz CT molecular complexity index is 433. The van der Waals surface area contributed by atoms with Crippen LogP contribution in [0, 0.1) is 0 Å². The summed E-state index contributed by atoms with van der Waals surface area (Å²) in [5, 5.41) is 11.9. The van der Waals surface area contributed by atoms with Crippen molar-refractivity contribution >= 4 is 23.6 Å². The Morgan fingerprint density at radius 1 is 1.32 bits per heavy atom. The maximum atomic E-state index is 11.8. The van der Waals surface area contributed by atoms with Gasteiger partial charge in [-0.1, -0.05) is 13.8 Å². The van der Waals surface area contributed by atoms with Crippen molar-refractivity contribution in [2.45, 2.75) is 37.1 Å². The zero-order chi connectivity index (χ0) is 14.3. The Morgan fingerprint density at radius 2 is 1.89 bits per heavy atom. The van der Waals surface area contributed by atoms with Crippen molar-refractivity contribution in [3.05, 3.63) is 24.5 Å². The van der Waals surface area contributed by atoms with Gasteiger partial charge in [-0.25, -0.2) is 4.79 Å². The van der Waals surface area contributed by atoms with Crippen LogP contribution < -0.4 is 5.32 Å². The van der Waals surface area contributed by atoms with Crippen LogP contribution in [0.1, 0.15) is 26.7 Å². The van der Waals surface area contributed by atoms with Crippen LogP contribution in [-0.4, -0.2) is 33.3 Å². The van der Waals surface area contributed by atoms with E-state index in [1.165, 1.54) is 11.8 Å². The lowest BCUT2D eigenvalue weighted by Gasteiger charge is -2.27. The van der Waals surface area contributed by atoms with Crippen LogP contribution in [0.15, 0.2) is 29.4 Å². The summed E-state index contributed by atoms with van der Waals surface area (Å²) in [4.78, 5) is 27.9. The van der Waals surface area contributed by atoms with Gasteiger partial charge in [0.25, 0.3) is 0 Å². The number of pyridine rings is 1. The molecule has 1 aromatic heterocycles. The molecule has 0 radical (unpaired) electrons. The predicted molar refractivity (Wildman–Crippen MR) is 74.1 cm³/mol. The van der Waals surface area contributed by atoms with Crippen molar-refractivity contribution in [3.63, 3.8) is 0 Å². The molecule has 1 amide bonds. The molecule has 0 spiro atoms. The van der Waals surface area contributed by atoms with Crippen molar-refractivity contribution in [2.75, 3.05) is 5.75 Å². The van der Waals surface area contributed by atoms with Crippen LogP contribution in [-0.2, 0) is 9.59 Å². The Balaban J connectivity index is 2.57. The Kier molecular flexibility index (Phi) is 5.82. The first kappa shape index (κ1) is 15.5. The van der Waals surface area contributed by atoms with Crippen LogP contribution in [0.2, 0.25) is 0 Å². The number of hydrogen-bond donors (Lipinski definition) is 2. The molecule has 0 saturated heterocycles.